The van der Waals surface area contributed by atoms with E-state index in [1.165, 1.54) is 13.2 Å². The molecule has 0 bridgehead atoms. The summed E-state index contributed by atoms with van der Waals surface area (Å²) in [5.41, 5.74) is 0.882. The van der Waals surface area contributed by atoms with E-state index in [-0.39, 0.29) is 29.6 Å². The van der Waals surface area contributed by atoms with Gasteiger partial charge >= 0.3 is 0 Å². The molecular weight excluding hydrogens is 271 g/mol. The third-order valence-corrected chi connectivity index (χ3v) is 3.62. The highest BCUT2D eigenvalue weighted by Crippen LogP contribution is 2.22. The summed E-state index contributed by atoms with van der Waals surface area (Å²) >= 11 is 0. The molecule has 0 heterocycles. The number of halogens is 1. The van der Waals surface area contributed by atoms with E-state index in [9.17, 15) is 9.18 Å². The van der Waals surface area contributed by atoms with Crippen LogP contribution in [-0.2, 0) is 4.79 Å². The Bertz CT molecular complexity index is 475. The van der Waals surface area contributed by atoms with Gasteiger partial charge in [0.1, 0.15) is 0 Å². The van der Waals surface area contributed by atoms with Gasteiger partial charge in [0.2, 0.25) is 5.91 Å². The number of hydrogen-bond acceptors (Lipinski definition) is 3. The van der Waals surface area contributed by atoms with Crippen LogP contribution in [0.1, 0.15) is 39.3 Å². The van der Waals surface area contributed by atoms with Crippen molar-refractivity contribution in [1.29, 1.82) is 0 Å². The van der Waals surface area contributed by atoms with Crippen LogP contribution in [0.25, 0.3) is 0 Å². The maximum Gasteiger partial charge on any atom is 0.239 e. The maximum absolute atomic E-state index is 13.4. The van der Waals surface area contributed by atoms with E-state index in [2.05, 4.69) is 5.32 Å². The first kappa shape index (κ1) is 17.4. The first-order chi connectivity index (χ1) is 9.94. The number of methoxy groups -OCH3 is 1. The van der Waals surface area contributed by atoms with Crippen LogP contribution in [0.5, 0.6) is 5.75 Å². The Labute approximate surface area is 126 Å². The Morgan fingerprint density at radius 1 is 1.33 bits per heavy atom. The molecule has 1 N–H and O–H groups in total. The lowest BCUT2D eigenvalue weighted by molar-refractivity contribution is -0.132. The fraction of sp³-hybridized carbons (Fsp3) is 0.562. The summed E-state index contributed by atoms with van der Waals surface area (Å²) in [6.07, 6.45) is 0. The Balaban J connectivity index is 2.76. The molecule has 0 aliphatic rings. The summed E-state index contributed by atoms with van der Waals surface area (Å²) in [6.45, 7) is 9.10. The van der Waals surface area contributed by atoms with Gasteiger partial charge in [-0.05, 0) is 45.4 Å². The van der Waals surface area contributed by atoms with Gasteiger partial charge in [-0.15, -0.1) is 0 Å². The van der Waals surface area contributed by atoms with Crippen molar-refractivity contribution >= 4 is 5.91 Å². The molecule has 0 aliphatic carbocycles. The van der Waals surface area contributed by atoms with Crippen LogP contribution in [0, 0.1) is 5.82 Å². The molecule has 4 nitrogen and oxygen atoms in total. The van der Waals surface area contributed by atoms with Crippen molar-refractivity contribution < 1.29 is 13.9 Å². The van der Waals surface area contributed by atoms with Crippen molar-refractivity contribution in [3.8, 4) is 5.75 Å². The molecule has 0 saturated heterocycles. The number of carbonyl (C=O) groups is 1. The number of nitrogens with one attached hydrogen (secondary N) is 1. The van der Waals surface area contributed by atoms with Crippen molar-refractivity contribution in [2.45, 2.75) is 39.8 Å². The molecular formula is C16H25FN2O2. The Kier molecular flexibility index (Phi) is 6.62. The van der Waals surface area contributed by atoms with Crippen LogP contribution in [0.15, 0.2) is 18.2 Å². The van der Waals surface area contributed by atoms with Gasteiger partial charge in [0.05, 0.1) is 13.2 Å². The van der Waals surface area contributed by atoms with Crippen LogP contribution in [0.2, 0.25) is 0 Å². The zero-order valence-electron chi connectivity index (χ0n) is 13.4. The zero-order chi connectivity index (χ0) is 16.0. The van der Waals surface area contributed by atoms with E-state index in [1.807, 2.05) is 27.7 Å². The first-order valence-corrected chi connectivity index (χ1v) is 7.32. The van der Waals surface area contributed by atoms with E-state index < -0.39 is 0 Å². The lowest BCUT2D eigenvalue weighted by Crippen LogP contribution is -2.45. The van der Waals surface area contributed by atoms with Gasteiger partial charge < -0.3 is 9.64 Å². The first-order valence-electron chi connectivity index (χ1n) is 7.32. The minimum absolute atomic E-state index is 0.0703. The summed E-state index contributed by atoms with van der Waals surface area (Å²) in [5, 5.41) is 3.25. The van der Waals surface area contributed by atoms with E-state index in [1.54, 1.807) is 17.0 Å². The van der Waals surface area contributed by atoms with E-state index in [0.717, 1.165) is 5.56 Å². The normalized spacial score (nSPS) is 13.6. The fourth-order valence-electron chi connectivity index (χ4n) is 2.30. The summed E-state index contributed by atoms with van der Waals surface area (Å²) in [7, 11) is 1.44. The van der Waals surface area contributed by atoms with Gasteiger partial charge in [0.25, 0.3) is 0 Å². The number of benzene rings is 1. The smallest absolute Gasteiger partial charge is 0.239 e. The zero-order valence-corrected chi connectivity index (χ0v) is 13.4. The molecule has 0 aliphatic heterocycles. The molecule has 5 heteroatoms. The Morgan fingerprint density at radius 2 is 1.95 bits per heavy atom. The highest BCUT2D eigenvalue weighted by Gasteiger charge is 2.20. The van der Waals surface area contributed by atoms with E-state index in [0.29, 0.717) is 13.1 Å². The van der Waals surface area contributed by atoms with Gasteiger partial charge in [-0.1, -0.05) is 6.07 Å². The van der Waals surface area contributed by atoms with Crippen LogP contribution >= 0.6 is 0 Å². The molecule has 1 aromatic rings. The summed E-state index contributed by atoms with van der Waals surface area (Å²) < 4.78 is 18.4. The molecule has 1 aromatic carbocycles. The topological polar surface area (TPSA) is 41.6 Å². The second-order valence-electron chi connectivity index (χ2n) is 5.01. The average Bonchev–Trinajstić information content (AvgIpc) is 2.48. The van der Waals surface area contributed by atoms with Crippen LogP contribution in [-0.4, -0.2) is 37.0 Å². The largest absolute Gasteiger partial charge is 0.494 e. The van der Waals surface area contributed by atoms with Crippen molar-refractivity contribution in [2.75, 3.05) is 20.2 Å². The predicted octanol–water partition coefficient (Wildman–Crippen LogP) is 2.74. The molecule has 0 spiro atoms. The highest BCUT2D eigenvalue weighted by atomic mass is 19.1. The lowest BCUT2D eigenvalue weighted by Gasteiger charge is -2.26. The summed E-state index contributed by atoms with van der Waals surface area (Å²) in [5.74, 6) is -0.106. The monoisotopic (exact) mass is 296 g/mol. The molecule has 118 valence electrons. The van der Waals surface area contributed by atoms with Crippen molar-refractivity contribution in [2.24, 2.45) is 0 Å². The van der Waals surface area contributed by atoms with Crippen molar-refractivity contribution in [3.63, 3.8) is 0 Å². The molecule has 0 aromatic heterocycles. The maximum atomic E-state index is 13.4. The number of ether oxygens (including phenoxy) is 1. The third kappa shape index (κ3) is 4.43. The standard InChI is InChI=1S/C16H25FN2O2/c1-6-19(7-2)16(20)12(4)18-11(3)13-8-9-14(17)15(10-13)21-5/h8-12,18H,6-7H2,1-5H3. The minimum atomic E-state index is -0.388. The molecule has 0 fully saturated rings. The second-order valence-corrected chi connectivity index (χ2v) is 5.01. The second kappa shape index (κ2) is 7.98. The number of carbonyl (C=O) groups excluding carboxylic acids is 1. The quantitative estimate of drug-likeness (QED) is 0.841. The molecule has 21 heavy (non-hydrogen) atoms. The molecule has 0 saturated carbocycles. The van der Waals surface area contributed by atoms with Gasteiger partial charge in [-0.25, -0.2) is 4.39 Å². The number of rotatable bonds is 7. The van der Waals surface area contributed by atoms with E-state index in [4.69, 9.17) is 4.74 Å². The van der Waals surface area contributed by atoms with Crippen molar-refractivity contribution in [1.82, 2.24) is 10.2 Å². The summed E-state index contributed by atoms with van der Waals surface area (Å²) in [6, 6.07) is 4.36. The molecule has 2 atom stereocenters. The van der Waals surface area contributed by atoms with Gasteiger partial charge in [0, 0.05) is 19.1 Å². The fourth-order valence-corrected chi connectivity index (χ4v) is 2.30. The average molecular weight is 296 g/mol. The number of likely N-dealkylation sites (N-methyl/N-ethyl adjacent to an activating group) is 1. The van der Waals surface area contributed by atoms with Crippen LogP contribution in [0.4, 0.5) is 4.39 Å². The van der Waals surface area contributed by atoms with Gasteiger partial charge in [0.15, 0.2) is 11.6 Å². The highest BCUT2D eigenvalue weighted by molar-refractivity contribution is 5.81. The number of hydrogen-bond donors (Lipinski definition) is 1. The minimum Gasteiger partial charge on any atom is -0.494 e. The number of amides is 1. The third-order valence-electron chi connectivity index (χ3n) is 3.62. The predicted molar refractivity (Wildman–Crippen MR) is 81.9 cm³/mol. The summed E-state index contributed by atoms with van der Waals surface area (Å²) in [4.78, 5) is 14.0. The Hall–Kier alpha value is -1.62. The molecule has 2 unspecified atom stereocenters. The molecule has 0 radical (unpaired) electrons. The molecule has 1 amide bonds. The number of nitrogens with zero attached hydrogens (tertiary/aromatic N) is 1. The van der Waals surface area contributed by atoms with Crippen molar-refractivity contribution in [3.05, 3.63) is 29.6 Å². The SMILES string of the molecule is CCN(CC)C(=O)C(C)NC(C)c1ccc(F)c(OC)c1. The Morgan fingerprint density at radius 3 is 2.48 bits per heavy atom. The van der Waals surface area contributed by atoms with Crippen LogP contribution in [0.3, 0.4) is 0 Å². The van der Waals surface area contributed by atoms with Gasteiger partial charge in [-0.2, -0.15) is 0 Å². The van der Waals surface area contributed by atoms with Gasteiger partial charge in [-0.3, -0.25) is 10.1 Å². The van der Waals surface area contributed by atoms with Crippen LogP contribution < -0.4 is 10.1 Å². The molecule has 1 rings (SSSR count). The van der Waals surface area contributed by atoms with E-state index >= 15 is 0 Å². The lowest BCUT2D eigenvalue weighted by atomic mass is 10.1.